The van der Waals surface area contributed by atoms with E-state index in [1.165, 1.54) is 11.3 Å². The molecule has 4 heteroatoms. The van der Waals surface area contributed by atoms with Crippen LogP contribution < -0.4 is 10.1 Å². The summed E-state index contributed by atoms with van der Waals surface area (Å²) in [5.74, 6) is 0.862. The van der Waals surface area contributed by atoms with Crippen molar-refractivity contribution in [3.63, 3.8) is 0 Å². The SMILES string of the molecule is CCn1cccc1CNC(C)c1ccc(OC)c(Br)c1. The zero-order valence-electron chi connectivity index (χ0n) is 12.2. The molecule has 108 valence electrons. The van der Waals surface area contributed by atoms with Gasteiger partial charge in [0.05, 0.1) is 11.6 Å². The molecular weight excluding hydrogens is 316 g/mol. The van der Waals surface area contributed by atoms with Crippen LogP contribution in [0.15, 0.2) is 41.0 Å². The van der Waals surface area contributed by atoms with Crippen LogP contribution in [-0.2, 0) is 13.1 Å². The minimum absolute atomic E-state index is 0.289. The summed E-state index contributed by atoms with van der Waals surface area (Å²) in [7, 11) is 1.68. The maximum atomic E-state index is 5.26. The number of methoxy groups -OCH3 is 1. The van der Waals surface area contributed by atoms with Crippen molar-refractivity contribution in [2.75, 3.05) is 7.11 Å². The largest absolute Gasteiger partial charge is 0.496 e. The summed E-state index contributed by atoms with van der Waals surface area (Å²) in [6.45, 7) is 6.21. The third kappa shape index (κ3) is 3.44. The molecule has 1 heterocycles. The Morgan fingerprint density at radius 1 is 1.35 bits per heavy atom. The van der Waals surface area contributed by atoms with E-state index in [0.29, 0.717) is 0 Å². The maximum absolute atomic E-state index is 5.26. The number of hydrogen-bond donors (Lipinski definition) is 1. The first-order chi connectivity index (χ1) is 9.65. The normalized spacial score (nSPS) is 12.4. The van der Waals surface area contributed by atoms with Gasteiger partial charge in [0.25, 0.3) is 0 Å². The third-order valence-corrected chi connectivity index (χ3v) is 4.15. The Labute approximate surface area is 129 Å². The lowest BCUT2D eigenvalue weighted by atomic mass is 10.1. The van der Waals surface area contributed by atoms with Crippen molar-refractivity contribution in [1.29, 1.82) is 0 Å². The van der Waals surface area contributed by atoms with Gasteiger partial charge in [-0.1, -0.05) is 6.07 Å². The zero-order valence-corrected chi connectivity index (χ0v) is 13.8. The summed E-state index contributed by atoms with van der Waals surface area (Å²) < 4.78 is 8.50. The van der Waals surface area contributed by atoms with Gasteiger partial charge in [-0.15, -0.1) is 0 Å². The summed E-state index contributed by atoms with van der Waals surface area (Å²) in [4.78, 5) is 0. The molecule has 2 aromatic rings. The lowest BCUT2D eigenvalue weighted by Gasteiger charge is -2.16. The van der Waals surface area contributed by atoms with Crippen molar-refractivity contribution >= 4 is 15.9 Å². The first kappa shape index (κ1) is 15.1. The van der Waals surface area contributed by atoms with Gasteiger partial charge in [-0.25, -0.2) is 0 Å². The van der Waals surface area contributed by atoms with Crippen LogP contribution in [0.25, 0.3) is 0 Å². The van der Waals surface area contributed by atoms with Crippen LogP contribution in [-0.4, -0.2) is 11.7 Å². The Morgan fingerprint density at radius 2 is 2.15 bits per heavy atom. The summed E-state index contributed by atoms with van der Waals surface area (Å²) in [6, 6.07) is 10.7. The first-order valence-corrected chi connectivity index (χ1v) is 7.65. The van der Waals surface area contributed by atoms with Crippen molar-refractivity contribution in [1.82, 2.24) is 9.88 Å². The van der Waals surface area contributed by atoms with Crippen LogP contribution in [0.1, 0.15) is 31.1 Å². The van der Waals surface area contributed by atoms with Crippen molar-refractivity contribution in [3.05, 3.63) is 52.3 Å². The molecule has 3 nitrogen and oxygen atoms in total. The van der Waals surface area contributed by atoms with Gasteiger partial charge in [-0.05, 0) is 59.6 Å². The van der Waals surface area contributed by atoms with Gasteiger partial charge in [0.2, 0.25) is 0 Å². The summed E-state index contributed by atoms with van der Waals surface area (Å²) in [6.07, 6.45) is 2.12. The fraction of sp³-hybridized carbons (Fsp3) is 0.375. The van der Waals surface area contributed by atoms with Crippen molar-refractivity contribution < 1.29 is 4.74 Å². The van der Waals surface area contributed by atoms with Crippen molar-refractivity contribution in [2.45, 2.75) is 33.0 Å². The Hall–Kier alpha value is -1.26. The van der Waals surface area contributed by atoms with Crippen molar-refractivity contribution in [3.8, 4) is 5.75 Å². The first-order valence-electron chi connectivity index (χ1n) is 6.86. The molecule has 1 aromatic heterocycles. The third-order valence-electron chi connectivity index (χ3n) is 3.53. The Kier molecular flexibility index (Phi) is 5.26. The fourth-order valence-electron chi connectivity index (χ4n) is 2.25. The van der Waals surface area contributed by atoms with Gasteiger partial charge in [-0.2, -0.15) is 0 Å². The van der Waals surface area contributed by atoms with E-state index in [0.717, 1.165) is 23.3 Å². The molecule has 0 radical (unpaired) electrons. The summed E-state index contributed by atoms with van der Waals surface area (Å²) in [5, 5.41) is 3.56. The summed E-state index contributed by atoms with van der Waals surface area (Å²) in [5.41, 5.74) is 2.55. The number of aromatic nitrogens is 1. The minimum atomic E-state index is 0.289. The van der Waals surface area contributed by atoms with E-state index in [2.05, 4.69) is 70.1 Å². The molecule has 0 aliphatic heterocycles. The zero-order chi connectivity index (χ0) is 14.5. The van der Waals surface area contributed by atoms with E-state index in [-0.39, 0.29) is 6.04 Å². The molecule has 1 unspecified atom stereocenters. The van der Waals surface area contributed by atoms with Crippen LogP contribution in [0.2, 0.25) is 0 Å². The highest BCUT2D eigenvalue weighted by Gasteiger charge is 2.09. The van der Waals surface area contributed by atoms with Gasteiger partial charge in [0, 0.05) is 31.0 Å². The monoisotopic (exact) mass is 336 g/mol. The quantitative estimate of drug-likeness (QED) is 0.858. The second-order valence-corrected chi connectivity index (χ2v) is 5.64. The molecule has 0 aliphatic carbocycles. The predicted octanol–water partition coefficient (Wildman–Crippen LogP) is 4.13. The average molecular weight is 337 g/mol. The number of nitrogens with zero attached hydrogens (tertiary/aromatic N) is 1. The van der Waals surface area contributed by atoms with Gasteiger partial charge >= 0.3 is 0 Å². The Balaban J connectivity index is 2.01. The molecule has 0 saturated carbocycles. The number of benzene rings is 1. The van der Waals surface area contributed by atoms with Gasteiger partial charge < -0.3 is 14.6 Å². The molecule has 0 spiro atoms. The molecule has 0 saturated heterocycles. The molecule has 1 N–H and O–H groups in total. The van der Waals surface area contributed by atoms with Crippen LogP contribution in [0.5, 0.6) is 5.75 Å². The number of nitrogens with one attached hydrogen (secondary N) is 1. The van der Waals surface area contributed by atoms with Gasteiger partial charge in [0.15, 0.2) is 0 Å². The van der Waals surface area contributed by atoms with Crippen LogP contribution in [0.4, 0.5) is 0 Å². The molecule has 0 bridgehead atoms. The van der Waals surface area contributed by atoms with Crippen molar-refractivity contribution in [2.24, 2.45) is 0 Å². The highest BCUT2D eigenvalue weighted by atomic mass is 79.9. The average Bonchev–Trinajstić information content (AvgIpc) is 2.92. The Morgan fingerprint density at radius 3 is 2.80 bits per heavy atom. The second kappa shape index (κ2) is 6.95. The molecule has 0 fully saturated rings. The maximum Gasteiger partial charge on any atom is 0.133 e. The molecular formula is C16H21BrN2O. The van der Waals surface area contributed by atoms with Crippen LogP contribution in [0.3, 0.4) is 0 Å². The smallest absolute Gasteiger partial charge is 0.133 e. The molecule has 20 heavy (non-hydrogen) atoms. The van der Waals surface area contributed by atoms with Gasteiger partial charge in [-0.3, -0.25) is 0 Å². The van der Waals surface area contributed by atoms with Crippen LogP contribution in [0, 0.1) is 0 Å². The summed E-state index contributed by atoms with van der Waals surface area (Å²) >= 11 is 3.53. The van der Waals surface area contributed by atoms with Crippen LogP contribution >= 0.6 is 15.9 Å². The highest BCUT2D eigenvalue weighted by Crippen LogP contribution is 2.28. The minimum Gasteiger partial charge on any atom is -0.496 e. The molecule has 0 aliphatic rings. The number of aryl methyl sites for hydroxylation is 1. The standard InChI is InChI=1S/C16H21BrN2O/c1-4-19-9-5-6-14(19)11-18-12(2)13-7-8-16(20-3)15(17)10-13/h5-10,12,18H,4,11H2,1-3H3. The molecule has 1 aromatic carbocycles. The van der Waals surface area contributed by atoms with E-state index in [9.17, 15) is 0 Å². The van der Waals surface area contributed by atoms with E-state index >= 15 is 0 Å². The second-order valence-electron chi connectivity index (χ2n) is 4.78. The van der Waals surface area contributed by atoms with E-state index in [1.54, 1.807) is 7.11 Å². The topological polar surface area (TPSA) is 26.2 Å². The van der Waals surface area contributed by atoms with Gasteiger partial charge in [0.1, 0.15) is 5.75 Å². The number of hydrogen-bond acceptors (Lipinski definition) is 2. The highest BCUT2D eigenvalue weighted by molar-refractivity contribution is 9.10. The Bertz CT molecular complexity index is 565. The molecule has 2 rings (SSSR count). The fourth-order valence-corrected chi connectivity index (χ4v) is 2.80. The number of halogens is 1. The van der Waals surface area contributed by atoms with E-state index < -0.39 is 0 Å². The lowest BCUT2D eigenvalue weighted by Crippen LogP contribution is -2.19. The number of rotatable bonds is 6. The molecule has 0 amide bonds. The predicted molar refractivity (Wildman–Crippen MR) is 86.1 cm³/mol. The molecule has 1 atom stereocenters. The van der Waals surface area contributed by atoms with E-state index in [1.807, 2.05) is 6.07 Å². The number of ether oxygens (including phenoxy) is 1. The lowest BCUT2D eigenvalue weighted by molar-refractivity contribution is 0.411. The van der Waals surface area contributed by atoms with E-state index in [4.69, 9.17) is 4.74 Å².